The average Bonchev–Trinajstić information content (AvgIpc) is 1.99. The van der Waals surface area contributed by atoms with E-state index in [9.17, 15) is 9.90 Å². The lowest BCUT2D eigenvalue weighted by molar-refractivity contribution is 0.468. The molecular weight excluding hydrogens is 142 g/mol. The van der Waals surface area contributed by atoms with Gasteiger partial charge in [0.25, 0.3) is 5.56 Å². The minimum atomic E-state index is -0.207. The number of pyridine rings is 1. The quantitative estimate of drug-likeness (QED) is 0.631. The number of aromatic nitrogens is 1. The second-order valence-corrected chi connectivity index (χ2v) is 2.49. The molecule has 0 aliphatic heterocycles. The summed E-state index contributed by atoms with van der Waals surface area (Å²) in [4.78, 5) is 13.7. The van der Waals surface area contributed by atoms with Gasteiger partial charge >= 0.3 is 0 Å². The van der Waals surface area contributed by atoms with Gasteiger partial charge in [-0.25, -0.2) is 0 Å². The molecule has 0 aliphatic carbocycles. The molecule has 60 valence electrons. The largest absolute Gasteiger partial charge is 0.507 e. The van der Waals surface area contributed by atoms with Gasteiger partial charge in [-0.3, -0.25) is 4.79 Å². The Hall–Kier alpha value is -1.25. The summed E-state index contributed by atoms with van der Waals surface area (Å²) < 4.78 is 0. The number of aryl methyl sites for hydroxylation is 1. The fourth-order valence-electron chi connectivity index (χ4n) is 0.856. The molecule has 0 aromatic carbocycles. The van der Waals surface area contributed by atoms with Crippen LogP contribution in [0, 0.1) is 6.92 Å². The summed E-state index contributed by atoms with van der Waals surface area (Å²) in [6.45, 7) is 3.51. The van der Waals surface area contributed by atoms with Gasteiger partial charge in [-0.15, -0.1) is 0 Å². The maximum Gasteiger partial charge on any atom is 0.254 e. The van der Waals surface area contributed by atoms with E-state index in [2.05, 4.69) is 4.98 Å². The van der Waals surface area contributed by atoms with Crippen molar-refractivity contribution in [1.29, 1.82) is 0 Å². The number of rotatable bonds is 1. The van der Waals surface area contributed by atoms with Crippen molar-refractivity contribution < 1.29 is 5.11 Å². The van der Waals surface area contributed by atoms with Crippen LogP contribution in [-0.4, -0.2) is 10.1 Å². The van der Waals surface area contributed by atoms with Crippen LogP contribution >= 0.6 is 0 Å². The lowest BCUT2D eigenvalue weighted by Crippen LogP contribution is -2.11. The summed E-state index contributed by atoms with van der Waals surface area (Å²) >= 11 is 0. The summed E-state index contributed by atoms with van der Waals surface area (Å²) in [6.07, 6.45) is 0.725. The Kier molecular flexibility index (Phi) is 1.98. The van der Waals surface area contributed by atoms with Crippen molar-refractivity contribution in [2.75, 3.05) is 0 Å². The lowest BCUT2D eigenvalue weighted by Gasteiger charge is -1.99. The molecule has 1 heterocycles. The number of hydrogen-bond donors (Lipinski definition) is 2. The molecule has 1 aromatic heterocycles. The van der Waals surface area contributed by atoms with E-state index in [1.165, 1.54) is 0 Å². The maximum absolute atomic E-state index is 11.0. The smallest absolute Gasteiger partial charge is 0.254 e. The second-order valence-electron chi connectivity index (χ2n) is 2.49. The molecule has 2 N–H and O–H groups in total. The Balaban J connectivity index is 3.32. The van der Waals surface area contributed by atoms with E-state index < -0.39 is 0 Å². The van der Waals surface area contributed by atoms with Gasteiger partial charge in [0.05, 0.1) is 5.56 Å². The molecule has 0 atom stereocenters. The number of aromatic amines is 1. The van der Waals surface area contributed by atoms with E-state index in [4.69, 9.17) is 0 Å². The highest BCUT2D eigenvalue weighted by Gasteiger charge is 2.01. The van der Waals surface area contributed by atoms with Crippen molar-refractivity contribution in [2.24, 2.45) is 0 Å². The lowest BCUT2D eigenvalue weighted by atomic mass is 10.2. The van der Waals surface area contributed by atoms with Gasteiger partial charge in [-0.2, -0.15) is 0 Å². The maximum atomic E-state index is 11.0. The van der Waals surface area contributed by atoms with E-state index >= 15 is 0 Å². The van der Waals surface area contributed by atoms with E-state index in [0.717, 1.165) is 12.1 Å². The minimum absolute atomic E-state index is 0.0746. The summed E-state index contributed by atoms with van der Waals surface area (Å²) in [5.74, 6) is 0.0746. The number of H-pyrrole nitrogens is 1. The standard InChI is InChI=1S/C8H11NO2/c1-3-6-4-7(10)5(2)8(11)9-6/h4H,3H2,1-2H3,(H2,9,10,11). The SMILES string of the molecule is CCc1cc(O)c(C)c(=O)[nH]1. The Morgan fingerprint density at radius 2 is 2.27 bits per heavy atom. The normalized spacial score (nSPS) is 10.0. The summed E-state index contributed by atoms with van der Waals surface area (Å²) in [6, 6.07) is 1.58. The van der Waals surface area contributed by atoms with Crippen LogP contribution in [-0.2, 0) is 6.42 Å². The first-order valence-electron chi connectivity index (χ1n) is 3.57. The third-order valence-corrected chi connectivity index (χ3v) is 1.69. The van der Waals surface area contributed by atoms with E-state index in [1.54, 1.807) is 13.0 Å². The van der Waals surface area contributed by atoms with E-state index in [0.29, 0.717) is 5.56 Å². The summed E-state index contributed by atoms with van der Waals surface area (Å²) in [5, 5.41) is 9.19. The van der Waals surface area contributed by atoms with Gasteiger partial charge in [0.15, 0.2) is 0 Å². The zero-order valence-electron chi connectivity index (χ0n) is 6.64. The molecule has 1 aromatic rings. The molecule has 0 amide bonds. The first-order valence-corrected chi connectivity index (χ1v) is 3.57. The van der Waals surface area contributed by atoms with Crippen LogP contribution in [0.3, 0.4) is 0 Å². The molecule has 1 rings (SSSR count). The highest BCUT2D eigenvalue weighted by atomic mass is 16.3. The van der Waals surface area contributed by atoms with E-state index in [-0.39, 0.29) is 11.3 Å². The first kappa shape index (κ1) is 7.85. The molecule has 0 fully saturated rings. The zero-order valence-corrected chi connectivity index (χ0v) is 6.64. The predicted molar refractivity (Wildman–Crippen MR) is 42.8 cm³/mol. The average molecular weight is 153 g/mol. The Bertz CT molecular complexity index is 314. The van der Waals surface area contributed by atoms with Gasteiger partial charge in [-0.05, 0) is 19.4 Å². The van der Waals surface area contributed by atoms with Crippen molar-refractivity contribution in [3.8, 4) is 5.75 Å². The van der Waals surface area contributed by atoms with Gasteiger partial charge in [0.2, 0.25) is 0 Å². The molecule has 0 aliphatic rings. The van der Waals surface area contributed by atoms with Crippen LogP contribution in [0.2, 0.25) is 0 Å². The van der Waals surface area contributed by atoms with Gasteiger partial charge in [0.1, 0.15) is 5.75 Å². The van der Waals surface area contributed by atoms with Crippen molar-refractivity contribution in [1.82, 2.24) is 4.98 Å². The molecule has 0 spiro atoms. The molecule has 3 heteroatoms. The van der Waals surface area contributed by atoms with Crippen LogP contribution in [0.25, 0.3) is 0 Å². The van der Waals surface area contributed by atoms with Crippen molar-refractivity contribution >= 4 is 0 Å². The molecule has 0 saturated heterocycles. The summed E-state index contributed by atoms with van der Waals surface area (Å²) in [5.41, 5.74) is 0.933. The van der Waals surface area contributed by atoms with Gasteiger partial charge in [-0.1, -0.05) is 6.92 Å². The Morgan fingerprint density at radius 1 is 1.64 bits per heavy atom. The summed E-state index contributed by atoms with van der Waals surface area (Å²) in [7, 11) is 0. The number of nitrogens with one attached hydrogen (secondary N) is 1. The Labute approximate surface area is 64.7 Å². The van der Waals surface area contributed by atoms with Gasteiger partial charge < -0.3 is 10.1 Å². The van der Waals surface area contributed by atoms with Crippen molar-refractivity contribution in [3.05, 3.63) is 27.7 Å². The molecule has 0 unspecified atom stereocenters. The fraction of sp³-hybridized carbons (Fsp3) is 0.375. The monoisotopic (exact) mass is 153 g/mol. The third-order valence-electron chi connectivity index (χ3n) is 1.69. The molecular formula is C8H11NO2. The zero-order chi connectivity index (χ0) is 8.43. The fourth-order valence-corrected chi connectivity index (χ4v) is 0.856. The highest BCUT2D eigenvalue weighted by molar-refractivity contribution is 5.30. The van der Waals surface area contributed by atoms with Crippen LogP contribution < -0.4 is 5.56 Å². The van der Waals surface area contributed by atoms with Crippen LogP contribution in [0.1, 0.15) is 18.2 Å². The third kappa shape index (κ3) is 1.42. The topological polar surface area (TPSA) is 53.1 Å². The van der Waals surface area contributed by atoms with Crippen LogP contribution in [0.4, 0.5) is 0 Å². The minimum Gasteiger partial charge on any atom is -0.507 e. The van der Waals surface area contributed by atoms with Crippen molar-refractivity contribution in [2.45, 2.75) is 20.3 Å². The molecule has 0 saturated carbocycles. The van der Waals surface area contributed by atoms with E-state index in [1.807, 2.05) is 6.92 Å². The highest BCUT2D eigenvalue weighted by Crippen LogP contribution is 2.11. The second kappa shape index (κ2) is 2.78. The van der Waals surface area contributed by atoms with Gasteiger partial charge in [0, 0.05) is 5.69 Å². The molecule has 0 radical (unpaired) electrons. The first-order chi connectivity index (χ1) is 5.15. The van der Waals surface area contributed by atoms with Crippen molar-refractivity contribution in [3.63, 3.8) is 0 Å². The number of hydrogen-bond acceptors (Lipinski definition) is 2. The van der Waals surface area contributed by atoms with Crippen LogP contribution in [0.15, 0.2) is 10.9 Å². The molecule has 11 heavy (non-hydrogen) atoms. The molecule has 0 bridgehead atoms. The number of aromatic hydroxyl groups is 1. The molecule has 3 nitrogen and oxygen atoms in total. The Morgan fingerprint density at radius 3 is 2.73 bits per heavy atom. The van der Waals surface area contributed by atoms with Crippen LogP contribution in [0.5, 0.6) is 5.75 Å². The predicted octanol–water partition coefficient (Wildman–Crippen LogP) is 0.951.